The minimum Gasteiger partial charge on any atom is -0.494 e. The third kappa shape index (κ3) is 5.56. The molecule has 2 N–H and O–H groups in total. The maximum absolute atomic E-state index is 12.8. The van der Waals surface area contributed by atoms with E-state index in [1.54, 1.807) is 24.3 Å². The Balaban J connectivity index is 1.43. The van der Waals surface area contributed by atoms with Crippen LogP contribution in [0.3, 0.4) is 0 Å². The number of sulfonamides is 1. The lowest BCUT2D eigenvalue weighted by Gasteiger charge is -2.18. The van der Waals surface area contributed by atoms with Gasteiger partial charge >= 0.3 is 0 Å². The van der Waals surface area contributed by atoms with Gasteiger partial charge in [-0.15, -0.1) is 0 Å². The van der Waals surface area contributed by atoms with Crippen molar-refractivity contribution < 1.29 is 22.5 Å². The number of hydrogen-bond donors (Lipinski definition) is 2. The van der Waals surface area contributed by atoms with E-state index in [9.17, 15) is 13.2 Å². The molecule has 10 heteroatoms. The molecule has 34 heavy (non-hydrogen) atoms. The molecule has 180 valence electrons. The summed E-state index contributed by atoms with van der Waals surface area (Å²) in [7, 11) is -3.82. The number of benzene rings is 2. The smallest absolute Gasteiger partial charge is 0.261 e. The van der Waals surface area contributed by atoms with E-state index in [-0.39, 0.29) is 16.7 Å². The van der Waals surface area contributed by atoms with Crippen LogP contribution in [0.25, 0.3) is 0 Å². The predicted octanol–water partition coefficient (Wildman–Crippen LogP) is 4.27. The Morgan fingerprint density at radius 2 is 1.79 bits per heavy atom. The van der Waals surface area contributed by atoms with Gasteiger partial charge in [0.15, 0.2) is 5.82 Å². The van der Waals surface area contributed by atoms with Crippen molar-refractivity contribution in [1.82, 2.24) is 15.5 Å². The highest BCUT2D eigenvalue weighted by Crippen LogP contribution is 2.38. The van der Waals surface area contributed by atoms with Crippen molar-refractivity contribution in [2.45, 2.75) is 50.5 Å². The number of hydrogen-bond acceptors (Lipinski definition) is 7. The van der Waals surface area contributed by atoms with Gasteiger partial charge in [-0.2, -0.15) is 4.98 Å². The van der Waals surface area contributed by atoms with Crippen molar-refractivity contribution in [1.29, 1.82) is 0 Å². The normalized spacial score (nSPS) is 14.6. The third-order valence-electron chi connectivity index (χ3n) is 5.46. The highest BCUT2D eigenvalue weighted by Gasteiger charge is 2.31. The van der Waals surface area contributed by atoms with Crippen LogP contribution in [0.15, 0.2) is 57.9 Å². The monoisotopic (exact) mass is 484 g/mol. The van der Waals surface area contributed by atoms with Crippen molar-refractivity contribution in [2.24, 2.45) is 5.92 Å². The lowest BCUT2D eigenvalue weighted by atomic mass is 10.0. The number of nitrogens with zero attached hydrogens (tertiary/aromatic N) is 2. The van der Waals surface area contributed by atoms with E-state index in [1.165, 1.54) is 24.3 Å². The average Bonchev–Trinajstić information content (AvgIpc) is 3.55. The second-order valence-corrected chi connectivity index (χ2v) is 10.2. The summed E-state index contributed by atoms with van der Waals surface area (Å²) in [5.74, 6) is 1.74. The maximum Gasteiger partial charge on any atom is 0.261 e. The van der Waals surface area contributed by atoms with Gasteiger partial charge in [-0.1, -0.05) is 19.0 Å². The largest absolute Gasteiger partial charge is 0.494 e. The fourth-order valence-corrected chi connectivity index (χ4v) is 4.46. The molecule has 2 aromatic carbocycles. The van der Waals surface area contributed by atoms with E-state index in [0.29, 0.717) is 41.2 Å². The lowest BCUT2D eigenvalue weighted by molar-refractivity contribution is 0.0914. The Labute approximate surface area is 199 Å². The van der Waals surface area contributed by atoms with Crippen molar-refractivity contribution in [2.75, 3.05) is 11.3 Å². The number of carbonyl (C=O) groups is 1. The molecular weight excluding hydrogens is 456 g/mol. The molecule has 1 aliphatic rings. The van der Waals surface area contributed by atoms with Gasteiger partial charge in [0, 0.05) is 17.2 Å². The molecule has 1 aromatic heterocycles. The first-order chi connectivity index (χ1) is 16.3. The highest BCUT2D eigenvalue weighted by molar-refractivity contribution is 7.92. The molecule has 0 aliphatic heterocycles. The van der Waals surface area contributed by atoms with Gasteiger partial charge in [-0.3, -0.25) is 9.52 Å². The van der Waals surface area contributed by atoms with Crippen molar-refractivity contribution in [3.05, 3.63) is 65.8 Å². The van der Waals surface area contributed by atoms with Crippen LogP contribution in [0.4, 0.5) is 5.69 Å². The molecule has 0 radical (unpaired) electrons. The predicted molar refractivity (Wildman–Crippen MR) is 126 cm³/mol. The molecule has 1 amide bonds. The SMILES string of the molecule is CCOc1ccc(NS(=O)(=O)c2ccc(C(=O)NC(c3nc(C4CC4)no3)C(C)C)cc2)cc1. The number of aromatic nitrogens is 2. The zero-order valence-electron chi connectivity index (χ0n) is 19.3. The van der Waals surface area contributed by atoms with Crippen LogP contribution in [0.1, 0.15) is 67.6 Å². The van der Waals surface area contributed by atoms with E-state index in [1.807, 2.05) is 20.8 Å². The van der Waals surface area contributed by atoms with E-state index in [2.05, 4.69) is 20.2 Å². The van der Waals surface area contributed by atoms with E-state index < -0.39 is 16.1 Å². The summed E-state index contributed by atoms with van der Waals surface area (Å²) in [6, 6.07) is 11.9. The summed E-state index contributed by atoms with van der Waals surface area (Å²) in [4.78, 5) is 17.3. The molecule has 1 aliphatic carbocycles. The van der Waals surface area contributed by atoms with Gasteiger partial charge in [0.25, 0.3) is 15.9 Å². The van der Waals surface area contributed by atoms with Crippen molar-refractivity contribution >= 4 is 21.6 Å². The molecule has 1 unspecified atom stereocenters. The van der Waals surface area contributed by atoms with Crippen LogP contribution >= 0.6 is 0 Å². The van der Waals surface area contributed by atoms with Crippen LogP contribution in [0.2, 0.25) is 0 Å². The first-order valence-electron chi connectivity index (χ1n) is 11.3. The highest BCUT2D eigenvalue weighted by atomic mass is 32.2. The minimum absolute atomic E-state index is 0.0226. The quantitative estimate of drug-likeness (QED) is 0.440. The number of ether oxygens (including phenoxy) is 1. The number of nitrogens with one attached hydrogen (secondary N) is 2. The molecule has 0 bridgehead atoms. The standard InChI is InChI=1S/C24H28N4O5S/c1-4-32-19-11-9-18(10-12-19)28-34(30,31)20-13-7-17(8-14-20)23(29)25-21(15(2)3)24-26-22(27-33-24)16-5-6-16/h7-16,21,28H,4-6H2,1-3H3,(H,25,29). The van der Waals surface area contributed by atoms with Gasteiger partial charge in [0.2, 0.25) is 5.89 Å². The molecule has 9 nitrogen and oxygen atoms in total. The lowest BCUT2D eigenvalue weighted by Crippen LogP contribution is -2.32. The topological polar surface area (TPSA) is 123 Å². The summed E-state index contributed by atoms with van der Waals surface area (Å²) in [5.41, 5.74) is 0.739. The Morgan fingerprint density at radius 1 is 1.12 bits per heavy atom. The Morgan fingerprint density at radius 3 is 2.38 bits per heavy atom. The molecule has 3 aromatic rings. The Kier molecular flexibility index (Phi) is 6.87. The van der Waals surface area contributed by atoms with Crippen molar-refractivity contribution in [3.8, 4) is 5.75 Å². The second kappa shape index (κ2) is 9.84. The minimum atomic E-state index is -3.82. The van der Waals surface area contributed by atoms with Crippen molar-refractivity contribution in [3.63, 3.8) is 0 Å². The fourth-order valence-electron chi connectivity index (χ4n) is 3.40. The molecule has 1 heterocycles. The molecule has 4 rings (SSSR count). The van der Waals surface area contributed by atoms with Crippen LogP contribution in [0.5, 0.6) is 5.75 Å². The first kappa shape index (κ1) is 23.7. The first-order valence-corrected chi connectivity index (χ1v) is 12.7. The number of amides is 1. The van der Waals surface area contributed by atoms with Crippen LogP contribution in [-0.2, 0) is 10.0 Å². The zero-order valence-corrected chi connectivity index (χ0v) is 20.1. The number of carbonyl (C=O) groups excluding carboxylic acids is 1. The molecule has 1 atom stereocenters. The molecule has 0 saturated heterocycles. The zero-order chi connectivity index (χ0) is 24.3. The van der Waals surface area contributed by atoms with E-state index in [4.69, 9.17) is 9.26 Å². The van der Waals surface area contributed by atoms with Gasteiger partial charge in [0.1, 0.15) is 11.8 Å². The fraction of sp³-hybridized carbons (Fsp3) is 0.375. The number of anilines is 1. The second-order valence-electron chi connectivity index (χ2n) is 8.55. The summed E-state index contributed by atoms with van der Waals surface area (Å²) >= 11 is 0. The Bertz CT molecular complexity index is 1230. The third-order valence-corrected chi connectivity index (χ3v) is 6.86. The van der Waals surface area contributed by atoms with Gasteiger partial charge in [-0.25, -0.2) is 8.42 Å². The van der Waals surface area contributed by atoms with E-state index >= 15 is 0 Å². The Hall–Kier alpha value is -3.40. The van der Waals surface area contributed by atoms with Gasteiger partial charge in [0.05, 0.1) is 11.5 Å². The van der Waals surface area contributed by atoms with Gasteiger partial charge in [-0.05, 0) is 74.2 Å². The summed E-state index contributed by atoms with van der Waals surface area (Å²) in [6.45, 7) is 6.31. The molecular formula is C24H28N4O5S. The summed E-state index contributed by atoms with van der Waals surface area (Å²) < 4.78 is 38.8. The van der Waals surface area contributed by atoms with Crippen LogP contribution < -0.4 is 14.8 Å². The summed E-state index contributed by atoms with van der Waals surface area (Å²) in [5, 5.41) is 6.95. The average molecular weight is 485 g/mol. The van der Waals surface area contributed by atoms with Gasteiger partial charge < -0.3 is 14.6 Å². The molecule has 1 saturated carbocycles. The summed E-state index contributed by atoms with van der Waals surface area (Å²) in [6.07, 6.45) is 2.11. The molecule has 0 spiro atoms. The number of rotatable bonds is 10. The molecule has 1 fully saturated rings. The maximum atomic E-state index is 12.8. The van der Waals surface area contributed by atoms with E-state index in [0.717, 1.165) is 12.8 Å². The van der Waals surface area contributed by atoms with Crippen LogP contribution in [-0.4, -0.2) is 31.1 Å². The van der Waals surface area contributed by atoms with Crippen LogP contribution in [0, 0.1) is 5.92 Å².